The van der Waals surface area contributed by atoms with Crippen molar-refractivity contribution in [2.24, 2.45) is 0 Å². The van der Waals surface area contributed by atoms with Crippen LogP contribution in [0.4, 0.5) is 12.9 Å². The minimum atomic E-state index is -5.06. The van der Waals surface area contributed by atoms with Gasteiger partial charge in [-0.3, -0.25) is 0 Å². The Bertz CT molecular complexity index is 477. The number of benzene rings is 1. The SMILES string of the molecule is F[B-](F)(F)c1cc2ccoc2cc1Cl. The summed E-state index contributed by atoms with van der Waals surface area (Å²) in [6, 6.07) is 3.65. The van der Waals surface area contributed by atoms with Crippen molar-refractivity contribution in [2.45, 2.75) is 0 Å². The maximum Gasteiger partial charge on any atom is 0.511 e. The van der Waals surface area contributed by atoms with Gasteiger partial charge < -0.3 is 17.4 Å². The van der Waals surface area contributed by atoms with Crippen molar-refractivity contribution in [3.63, 3.8) is 0 Å². The van der Waals surface area contributed by atoms with Crippen molar-refractivity contribution in [3.05, 3.63) is 29.5 Å². The molecule has 1 nitrogen and oxygen atoms in total. The Kier molecular flexibility index (Phi) is 1.99. The predicted octanol–water partition coefficient (Wildman–Crippen LogP) is 3.14. The monoisotopic (exact) mass is 219 g/mol. The molecule has 0 aliphatic heterocycles. The molecule has 0 unspecified atom stereocenters. The predicted molar refractivity (Wildman–Crippen MR) is 49.9 cm³/mol. The molecule has 0 aliphatic rings. The van der Waals surface area contributed by atoms with Gasteiger partial charge in [0.15, 0.2) is 0 Å². The van der Waals surface area contributed by atoms with Gasteiger partial charge in [0.2, 0.25) is 0 Å². The van der Waals surface area contributed by atoms with E-state index in [0.717, 1.165) is 6.07 Å². The second-order valence-electron chi connectivity index (χ2n) is 2.91. The Labute approximate surface area is 82.5 Å². The zero-order valence-electron chi connectivity index (χ0n) is 6.81. The van der Waals surface area contributed by atoms with Gasteiger partial charge in [0.25, 0.3) is 0 Å². The van der Waals surface area contributed by atoms with Crippen LogP contribution in [-0.4, -0.2) is 6.98 Å². The summed E-state index contributed by atoms with van der Waals surface area (Å²) in [5.41, 5.74) is -0.417. The lowest BCUT2D eigenvalue weighted by atomic mass is 9.79. The van der Waals surface area contributed by atoms with Crippen LogP contribution in [0.5, 0.6) is 0 Å². The molecule has 0 radical (unpaired) electrons. The lowest BCUT2D eigenvalue weighted by Crippen LogP contribution is -2.34. The third-order valence-electron chi connectivity index (χ3n) is 1.92. The van der Waals surface area contributed by atoms with Gasteiger partial charge in [0.1, 0.15) is 5.58 Å². The molecule has 0 saturated heterocycles. The molecule has 2 rings (SSSR count). The maximum atomic E-state index is 12.4. The van der Waals surface area contributed by atoms with Crippen LogP contribution in [0.3, 0.4) is 0 Å². The van der Waals surface area contributed by atoms with E-state index in [2.05, 4.69) is 0 Å². The smallest absolute Gasteiger partial charge is 0.464 e. The van der Waals surface area contributed by atoms with Gasteiger partial charge in [-0.2, -0.15) is 0 Å². The van der Waals surface area contributed by atoms with Gasteiger partial charge in [-0.05, 0) is 12.1 Å². The second kappa shape index (κ2) is 2.95. The molecule has 1 heterocycles. The summed E-state index contributed by atoms with van der Waals surface area (Å²) in [6.07, 6.45) is 1.33. The summed E-state index contributed by atoms with van der Waals surface area (Å²) < 4.78 is 42.2. The first-order valence-electron chi connectivity index (χ1n) is 3.85. The average molecular weight is 219 g/mol. The molecule has 0 bridgehead atoms. The number of hydrogen-bond acceptors (Lipinski definition) is 1. The van der Waals surface area contributed by atoms with Crippen LogP contribution < -0.4 is 5.46 Å². The van der Waals surface area contributed by atoms with Gasteiger partial charge in [0, 0.05) is 10.4 Å². The van der Waals surface area contributed by atoms with Crippen LogP contribution in [0.2, 0.25) is 5.02 Å². The number of halogens is 4. The van der Waals surface area contributed by atoms with E-state index in [9.17, 15) is 12.9 Å². The van der Waals surface area contributed by atoms with Gasteiger partial charge in [-0.1, -0.05) is 23.1 Å². The van der Waals surface area contributed by atoms with Crippen molar-refractivity contribution in [1.29, 1.82) is 0 Å². The summed E-state index contributed by atoms with van der Waals surface area (Å²) in [7, 11) is 0. The summed E-state index contributed by atoms with van der Waals surface area (Å²) in [5, 5.41) is 0.0866. The highest BCUT2D eigenvalue weighted by Gasteiger charge is 2.28. The highest BCUT2D eigenvalue weighted by molar-refractivity contribution is 6.76. The van der Waals surface area contributed by atoms with Crippen LogP contribution in [0.25, 0.3) is 11.0 Å². The fraction of sp³-hybridized carbons (Fsp3) is 0. The maximum absolute atomic E-state index is 12.4. The molecule has 6 heteroatoms. The van der Waals surface area contributed by atoms with Crippen molar-refractivity contribution in [3.8, 4) is 0 Å². The number of rotatable bonds is 1. The fourth-order valence-corrected chi connectivity index (χ4v) is 1.53. The molecule has 14 heavy (non-hydrogen) atoms. The first kappa shape index (κ1) is 9.46. The van der Waals surface area contributed by atoms with Crippen LogP contribution in [-0.2, 0) is 0 Å². The van der Waals surface area contributed by atoms with Crippen LogP contribution in [0, 0.1) is 0 Å². The van der Waals surface area contributed by atoms with E-state index in [4.69, 9.17) is 16.0 Å². The van der Waals surface area contributed by atoms with Crippen LogP contribution in [0.1, 0.15) is 0 Å². The second-order valence-corrected chi connectivity index (χ2v) is 3.31. The van der Waals surface area contributed by atoms with Crippen molar-refractivity contribution >= 4 is 35.0 Å². The molecule has 0 spiro atoms. The fourth-order valence-electron chi connectivity index (χ4n) is 1.25. The van der Waals surface area contributed by atoms with Crippen LogP contribution >= 0.6 is 11.6 Å². The highest BCUT2D eigenvalue weighted by Crippen LogP contribution is 2.23. The molecular weight excluding hydrogens is 215 g/mol. The number of hydrogen-bond donors (Lipinski definition) is 0. The normalized spacial score (nSPS) is 12.3. The third kappa shape index (κ3) is 1.48. The van der Waals surface area contributed by atoms with E-state index in [-0.39, 0.29) is 5.02 Å². The van der Waals surface area contributed by atoms with Crippen LogP contribution in [0.15, 0.2) is 28.9 Å². The van der Waals surface area contributed by atoms with Crippen molar-refractivity contribution in [2.75, 3.05) is 0 Å². The van der Waals surface area contributed by atoms with E-state index >= 15 is 0 Å². The molecule has 74 valence electrons. The summed E-state index contributed by atoms with van der Waals surface area (Å²) in [4.78, 5) is 0. The third-order valence-corrected chi connectivity index (χ3v) is 2.25. The molecule has 0 fully saturated rings. The molecule has 2 aromatic rings. The molecule has 0 saturated carbocycles. The van der Waals surface area contributed by atoms with Gasteiger partial charge in [-0.25, -0.2) is 0 Å². The Morgan fingerprint density at radius 1 is 1.21 bits per heavy atom. The Morgan fingerprint density at radius 3 is 2.57 bits per heavy atom. The summed E-state index contributed by atoms with van der Waals surface area (Å²) >= 11 is 5.48. The Hall–Kier alpha value is -1.10. The topological polar surface area (TPSA) is 13.1 Å². The van der Waals surface area contributed by atoms with E-state index in [0.29, 0.717) is 11.0 Å². The van der Waals surface area contributed by atoms with E-state index in [1.807, 2.05) is 0 Å². The zero-order valence-corrected chi connectivity index (χ0v) is 7.56. The standard InChI is InChI=1S/C8H4BClF3O/c10-7-4-8-5(1-2-14-8)3-6(7)9(11,12)13/h1-4H/q-1. The van der Waals surface area contributed by atoms with E-state index < -0.39 is 12.4 Å². The summed E-state index contributed by atoms with van der Waals surface area (Å²) in [5.74, 6) is 0. The molecule has 0 N–H and O–H groups in total. The highest BCUT2D eigenvalue weighted by atomic mass is 35.5. The average Bonchev–Trinajstić information content (AvgIpc) is 2.47. The number of furan rings is 1. The van der Waals surface area contributed by atoms with Gasteiger partial charge >= 0.3 is 6.98 Å². The zero-order chi connectivity index (χ0) is 10.3. The van der Waals surface area contributed by atoms with Crippen molar-refractivity contribution < 1.29 is 17.4 Å². The minimum Gasteiger partial charge on any atom is -0.464 e. The quantitative estimate of drug-likeness (QED) is 0.672. The van der Waals surface area contributed by atoms with Gasteiger partial charge in [0.05, 0.1) is 6.26 Å². The number of fused-ring (bicyclic) bond motifs is 1. The van der Waals surface area contributed by atoms with E-state index in [1.54, 1.807) is 0 Å². The molecule has 0 atom stereocenters. The lowest BCUT2D eigenvalue weighted by Gasteiger charge is -2.16. The largest absolute Gasteiger partial charge is 0.511 e. The Morgan fingerprint density at radius 2 is 1.93 bits per heavy atom. The first-order valence-corrected chi connectivity index (χ1v) is 4.23. The molecule has 1 aromatic carbocycles. The lowest BCUT2D eigenvalue weighted by molar-refractivity contribution is 0.501. The molecule has 1 aromatic heterocycles. The molecule has 0 amide bonds. The molecular formula is C8H4BClF3O-. The van der Waals surface area contributed by atoms with E-state index in [1.165, 1.54) is 18.4 Å². The van der Waals surface area contributed by atoms with Gasteiger partial charge in [-0.15, -0.1) is 0 Å². The first-order chi connectivity index (χ1) is 6.48. The molecule has 0 aliphatic carbocycles. The Balaban J connectivity index is 2.71. The summed E-state index contributed by atoms with van der Waals surface area (Å²) in [6.45, 7) is -5.06. The van der Waals surface area contributed by atoms with Crippen molar-refractivity contribution in [1.82, 2.24) is 0 Å². The minimum absolute atomic E-state index is 0.319.